The molecule has 5 heteroatoms. The summed E-state index contributed by atoms with van der Waals surface area (Å²) in [4.78, 5) is 17.5. The fraction of sp³-hybridized carbons (Fsp3) is 0.250. The van der Waals surface area contributed by atoms with Crippen LogP contribution in [0.3, 0.4) is 0 Å². The highest BCUT2D eigenvalue weighted by Gasteiger charge is 2.18. The molecule has 0 N–H and O–H groups in total. The van der Waals surface area contributed by atoms with Crippen LogP contribution in [0.1, 0.15) is 17.3 Å². The smallest absolute Gasteiger partial charge is 0.176 e. The molecular weight excluding hydrogens is 286 g/mol. The Morgan fingerprint density at radius 2 is 1.76 bits per heavy atom. The number of pyridine rings is 1. The van der Waals surface area contributed by atoms with E-state index >= 15 is 0 Å². The van der Waals surface area contributed by atoms with E-state index in [4.69, 9.17) is 9.47 Å². The van der Waals surface area contributed by atoms with Crippen molar-refractivity contribution in [3.63, 3.8) is 0 Å². The van der Waals surface area contributed by atoms with Crippen LogP contribution in [0.5, 0.6) is 11.5 Å². The standard InChI is InChI=1S/C16H17NO3S/c1-11(21-13-6-8-17-9-7-13)16(18)12-4-5-14(19-2)15(10-12)20-3/h4-11H,1-3H3/t11-/m0/s1. The van der Waals surface area contributed by atoms with E-state index < -0.39 is 0 Å². The molecule has 1 aromatic heterocycles. The number of aromatic nitrogens is 1. The van der Waals surface area contributed by atoms with Crippen molar-refractivity contribution >= 4 is 17.5 Å². The molecule has 4 nitrogen and oxygen atoms in total. The molecule has 1 heterocycles. The maximum absolute atomic E-state index is 12.5. The van der Waals surface area contributed by atoms with Gasteiger partial charge in [0.25, 0.3) is 0 Å². The van der Waals surface area contributed by atoms with Crippen molar-refractivity contribution in [1.29, 1.82) is 0 Å². The number of ketones is 1. The maximum atomic E-state index is 12.5. The molecule has 0 aliphatic carbocycles. The third kappa shape index (κ3) is 3.76. The third-order valence-electron chi connectivity index (χ3n) is 3.00. The van der Waals surface area contributed by atoms with E-state index in [2.05, 4.69) is 4.98 Å². The molecule has 1 aromatic carbocycles. The Hall–Kier alpha value is -2.01. The van der Waals surface area contributed by atoms with Gasteiger partial charge in [0.05, 0.1) is 19.5 Å². The van der Waals surface area contributed by atoms with Crippen LogP contribution in [0.2, 0.25) is 0 Å². The highest BCUT2D eigenvalue weighted by atomic mass is 32.2. The Balaban J connectivity index is 2.15. The van der Waals surface area contributed by atoms with Gasteiger partial charge in [-0.15, -0.1) is 11.8 Å². The number of hydrogen-bond acceptors (Lipinski definition) is 5. The lowest BCUT2D eigenvalue weighted by Gasteiger charge is -2.12. The van der Waals surface area contributed by atoms with Crippen LogP contribution in [0.25, 0.3) is 0 Å². The summed E-state index contributed by atoms with van der Waals surface area (Å²) in [5.41, 5.74) is 0.613. The van der Waals surface area contributed by atoms with Gasteiger partial charge in [-0.1, -0.05) is 0 Å². The van der Waals surface area contributed by atoms with Crippen molar-refractivity contribution in [3.8, 4) is 11.5 Å². The molecule has 0 unspecified atom stereocenters. The lowest BCUT2D eigenvalue weighted by atomic mass is 10.1. The SMILES string of the molecule is COc1ccc(C(=O)[C@H](C)Sc2ccncc2)cc1OC. The summed E-state index contributed by atoms with van der Waals surface area (Å²) >= 11 is 1.51. The molecule has 1 atom stereocenters. The first-order chi connectivity index (χ1) is 10.2. The number of methoxy groups -OCH3 is 2. The molecule has 110 valence electrons. The van der Waals surface area contributed by atoms with E-state index in [1.807, 2.05) is 19.1 Å². The molecule has 0 saturated heterocycles. The minimum absolute atomic E-state index is 0.0535. The van der Waals surface area contributed by atoms with Gasteiger partial charge in [0.15, 0.2) is 17.3 Å². The lowest BCUT2D eigenvalue weighted by Crippen LogP contribution is -2.13. The number of nitrogens with zero attached hydrogens (tertiary/aromatic N) is 1. The number of carbonyl (C=O) groups excluding carboxylic acids is 1. The summed E-state index contributed by atoms with van der Waals surface area (Å²) in [6, 6.07) is 9.00. The van der Waals surface area contributed by atoms with E-state index in [9.17, 15) is 4.79 Å². The zero-order valence-corrected chi connectivity index (χ0v) is 13.0. The summed E-state index contributed by atoms with van der Waals surface area (Å²) < 4.78 is 10.4. The highest BCUT2D eigenvalue weighted by Crippen LogP contribution is 2.30. The van der Waals surface area contributed by atoms with Gasteiger partial charge >= 0.3 is 0 Å². The minimum Gasteiger partial charge on any atom is -0.493 e. The lowest BCUT2D eigenvalue weighted by molar-refractivity contribution is 0.0993. The molecule has 0 amide bonds. The molecule has 2 aromatic rings. The molecule has 2 rings (SSSR count). The summed E-state index contributed by atoms with van der Waals surface area (Å²) in [5.74, 6) is 1.23. The second-order valence-corrected chi connectivity index (χ2v) is 5.79. The normalized spacial score (nSPS) is 11.8. The summed E-state index contributed by atoms with van der Waals surface area (Å²) in [6.45, 7) is 1.89. The van der Waals surface area contributed by atoms with Gasteiger partial charge in [-0.05, 0) is 37.3 Å². The van der Waals surface area contributed by atoms with Crippen LogP contribution >= 0.6 is 11.8 Å². The van der Waals surface area contributed by atoms with Crippen LogP contribution in [0.4, 0.5) is 0 Å². The molecule has 0 radical (unpaired) electrons. The molecule has 0 spiro atoms. The van der Waals surface area contributed by atoms with Crippen LogP contribution < -0.4 is 9.47 Å². The zero-order chi connectivity index (χ0) is 15.2. The van der Waals surface area contributed by atoms with Crippen LogP contribution in [0.15, 0.2) is 47.6 Å². The second-order valence-electron chi connectivity index (χ2n) is 4.38. The molecule has 0 aliphatic rings. The fourth-order valence-electron chi connectivity index (χ4n) is 1.90. The quantitative estimate of drug-likeness (QED) is 0.604. The Morgan fingerprint density at radius 3 is 2.38 bits per heavy atom. The molecule has 21 heavy (non-hydrogen) atoms. The number of benzene rings is 1. The monoisotopic (exact) mass is 303 g/mol. The zero-order valence-electron chi connectivity index (χ0n) is 12.2. The van der Waals surface area contributed by atoms with Gasteiger partial charge in [0.2, 0.25) is 0 Å². The van der Waals surface area contributed by atoms with Crippen molar-refractivity contribution in [2.75, 3.05) is 14.2 Å². The summed E-state index contributed by atoms with van der Waals surface area (Å²) in [6.07, 6.45) is 3.44. The molecule has 0 fully saturated rings. The minimum atomic E-state index is -0.189. The van der Waals surface area contributed by atoms with E-state index in [-0.39, 0.29) is 11.0 Å². The van der Waals surface area contributed by atoms with Gasteiger partial charge in [0, 0.05) is 22.9 Å². The number of Topliss-reactive ketones (excluding diaryl/α,β-unsaturated/α-hetero) is 1. The van der Waals surface area contributed by atoms with E-state index in [1.54, 1.807) is 44.8 Å². The van der Waals surface area contributed by atoms with Crippen molar-refractivity contribution in [1.82, 2.24) is 4.98 Å². The molecule has 0 aliphatic heterocycles. The van der Waals surface area contributed by atoms with Gasteiger partial charge in [0.1, 0.15) is 0 Å². The van der Waals surface area contributed by atoms with E-state index in [1.165, 1.54) is 11.8 Å². The second kappa shape index (κ2) is 7.13. The molecular formula is C16H17NO3S. The van der Waals surface area contributed by atoms with Gasteiger partial charge < -0.3 is 9.47 Å². The van der Waals surface area contributed by atoms with E-state index in [0.717, 1.165) is 4.90 Å². The Morgan fingerprint density at radius 1 is 1.10 bits per heavy atom. The Bertz CT molecular complexity index is 616. The fourth-order valence-corrected chi connectivity index (χ4v) is 2.83. The average Bonchev–Trinajstić information content (AvgIpc) is 2.54. The molecule has 0 bridgehead atoms. The predicted molar refractivity (Wildman–Crippen MR) is 83.4 cm³/mol. The number of carbonyl (C=O) groups is 1. The van der Waals surface area contributed by atoms with E-state index in [0.29, 0.717) is 17.1 Å². The number of thioether (sulfide) groups is 1. The van der Waals surface area contributed by atoms with Gasteiger partial charge in [-0.3, -0.25) is 9.78 Å². The van der Waals surface area contributed by atoms with Crippen LogP contribution in [-0.4, -0.2) is 30.2 Å². The number of ether oxygens (including phenoxy) is 2. The Labute approximate surface area is 128 Å². The number of rotatable bonds is 6. The van der Waals surface area contributed by atoms with Crippen molar-refractivity contribution in [2.24, 2.45) is 0 Å². The number of hydrogen-bond donors (Lipinski definition) is 0. The first kappa shape index (κ1) is 15.4. The van der Waals surface area contributed by atoms with Gasteiger partial charge in [-0.2, -0.15) is 0 Å². The first-order valence-corrected chi connectivity index (χ1v) is 7.36. The largest absolute Gasteiger partial charge is 0.493 e. The summed E-state index contributed by atoms with van der Waals surface area (Å²) in [5, 5.41) is -0.189. The van der Waals surface area contributed by atoms with Crippen molar-refractivity contribution in [3.05, 3.63) is 48.3 Å². The average molecular weight is 303 g/mol. The highest BCUT2D eigenvalue weighted by molar-refractivity contribution is 8.00. The molecule has 0 saturated carbocycles. The van der Waals surface area contributed by atoms with Gasteiger partial charge in [-0.25, -0.2) is 0 Å². The maximum Gasteiger partial charge on any atom is 0.176 e. The Kier molecular flexibility index (Phi) is 5.22. The third-order valence-corrected chi connectivity index (χ3v) is 4.11. The van der Waals surface area contributed by atoms with Crippen LogP contribution in [-0.2, 0) is 0 Å². The summed E-state index contributed by atoms with van der Waals surface area (Å²) in [7, 11) is 3.13. The predicted octanol–water partition coefficient (Wildman–Crippen LogP) is 3.46. The topological polar surface area (TPSA) is 48.4 Å². The van der Waals surface area contributed by atoms with Crippen molar-refractivity contribution < 1.29 is 14.3 Å². The first-order valence-electron chi connectivity index (χ1n) is 6.48. The van der Waals surface area contributed by atoms with Crippen LogP contribution in [0, 0.1) is 0 Å². The van der Waals surface area contributed by atoms with Crippen molar-refractivity contribution in [2.45, 2.75) is 17.1 Å².